The first-order valence-electron chi connectivity index (χ1n) is 7.69. The number of hydrogen-bond acceptors (Lipinski definition) is 5. The van der Waals surface area contributed by atoms with E-state index >= 15 is 0 Å². The van der Waals surface area contributed by atoms with E-state index in [-0.39, 0.29) is 10.8 Å². The molecular weight excluding hydrogens is 312 g/mol. The van der Waals surface area contributed by atoms with Crippen molar-refractivity contribution in [3.8, 4) is 0 Å². The number of rotatable bonds is 3. The van der Waals surface area contributed by atoms with E-state index in [1.165, 1.54) is 6.26 Å². The largest absolute Gasteiger partial charge is 0.371 e. The molecule has 2 aromatic rings. The van der Waals surface area contributed by atoms with Gasteiger partial charge in [-0.25, -0.2) is 8.42 Å². The van der Waals surface area contributed by atoms with Crippen LogP contribution in [0.5, 0.6) is 0 Å². The lowest BCUT2D eigenvalue weighted by Crippen LogP contribution is -2.40. The van der Waals surface area contributed by atoms with Gasteiger partial charge in [0.15, 0.2) is 9.84 Å². The fourth-order valence-corrected chi connectivity index (χ4v) is 3.84. The van der Waals surface area contributed by atoms with Gasteiger partial charge in [-0.15, -0.1) is 0 Å². The van der Waals surface area contributed by atoms with E-state index in [1.807, 2.05) is 12.1 Å². The molecule has 0 saturated carbocycles. The Balaban J connectivity index is 2.01. The molecule has 0 spiro atoms. The summed E-state index contributed by atoms with van der Waals surface area (Å²) in [5.41, 5.74) is 1.72. The number of sulfone groups is 1. The molecule has 3 rings (SSSR count). The number of carbonyl (C=O) groups is 1. The van der Waals surface area contributed by atoms with Gasteiger partial charge in [-0.1, -0.05) is 6.92 Å². The molecular formula is C17H20N2O3S. The minimum Gasteiger partial charge on any atom is -0.371 e. The predicted octanol–water partition coefficient (Wildman–Crippen LogP) is 2.30. The summed E-state index contributed by atoms with van der Waals surface area (Å²) in [5.74, 6) is 0.427. The van der Waals surface area contributed by atoms with Crippen molar-refractivity contribution in [1.82, 2.24) is 4.98 Å². The lowest BCUT2D eigenvalue weighted by atomic mass is 9.88. The minimum absolute atomic E-state index is 0.121. The van der Waals surface area contributed by atoms with E-state index in [0.717, 1.165) is 36.9 Å². The molecule has 1 aromatic carbocycles. The van der Waals surface area contributed by atoms with Gasteiger partial charge < -0.3 is 9.69 Å². The van der Waals surface area contributed by atoms with Crippen molar-refractivity contribution in [2.45, 2.75) is 18.2 Å². The Morgan fingerprint density at radius 1 is 1.30 bits per heavy atom. The van der Waals surface area contributed by atoms with Crippen molar-refractivity contribution >= 4 is 32.7 Å². The highest BCUT2D eigenvalue weighted by atomic mass is 32.2. The number of piperidine rings is 1. The minimum atomic E-state index is -3.24. The highest BCUT2D eigenvalue weighted by Gasteiger charge is 2.26. The zero-order chi connectivity index (χ0) is 16.6. The van der Waals surface area contributed by atoms with Crippen LogP contribution in [0, 0.1) is 11.8 Å². The number of aldehydes is 1. The zero-order valence-electron chi connectivity index (χ0n) is 13.3. The van der Waals surface area contributed by atoms with E-state index in [2.05, 4.69) is 16.8 Å². The predicted molar refractivity (Wildman–Crippen MR) is 90.4 cm³/mol. The summed E-state index contributed by atoms with van der Waals surface area (Å²) in [6.45, 7) is 3.73. The van der Waals surface area contributed by atoms with Crippen LogP contribution in [-0.2, 0) is 14.6 Å². The second-order valence-electron chi connectivity index (χ2n) is 6.29. The molecule has 1 aliphatic rings. The molecule has 23 heavy (non-hydrogen) atoms. The van der Waals surface area contributed by atoms with Gasteiger partial charge in [0.2, 0.25) is 0 Å². The van der Waals surface area contributed by atoms with Crippen LogP contribution >= 0.6 is 0 Å². The first-order chi connectivity index (χ1) is 10.9. The van der Waals surface area contributed by atoms with E-state index in [9.17, 15) is 13.2 Å². The Kier molecular flexibility index (Phi) is 4.10. The van der Waals surface area contributed by atoms with Crippen molar-refractivity contribution in [2.75, 3.05) is 24.2 Å². The number of nitrogens with zero attached hydrogens (tertiary/aromatic N) is 2. The van der Waals surface area contributed by atoms with Crippen LogP contribution in [0.2, 0.25) is 0 Å². The summed E-state index contributed by atoms with van der Waals surface area (Å²) in [7, 11) is -3.24. The van der Waals surface area contributed by atoms with Crippen molar-refractivity contribution in [3.05, 3.63) is 30.5 Å². The maximum atomic E-state index is 11.7. The van der Waals surface area contributed by atoms with E-state index < -0.39 is 9.84 Å². The van der Waals surface area contributed by atoms with Crippen LogP contribution in [0.25, 0.3) is 10.9 Å². The third-order valence-electron chi connectivity index (χ3n) is 4.61. The quantitative estimate of drug-likeness (QED) is 0.807. The highest BCUT2D eigenvalue weighted by molar-refractivity contribution is 7.90. The van der Waals surface area contributed by atoms with Gasteiger partial charge in [0.1, 0.15) is 6.29 Å². The number of hydrogen-bond donors (Lipinski definition) is 0. The van der Waals surface area contributed by atoms with Gasteiger partial charge >= 0.3 is 0 Å². The van der Waals surface area contributed by atoms with Crippen LogP contribution in [0.4, 0.5) is 5.69 Å². The van der Waals surface area contributed by atoms with E-state index in [0.29, 0.717) is 11.4 Å². The first-order valence-corrected chi connectivity index (χ1v) is 9.58. The highest BCUT2D eigenvalue weighted by Crippen LogP contribution is 2.31. The number of anilines is 1. The maximum Gasteiger partial charge on any atom is 0.175 e. The molecule has 0 amide bonds. The molecule has 1 aliphatic heterocycles. The van der Waals surface area contributed by atoms with Crippen LogP contribution in [-0.4, -0.2) is 39.0 Å². The van der Waals surface area contributed by atoms with Crippen molar-refractivity contribution in [2.24, 2.45) is 11.8 Å². The van der Waals surface area contributed by atoms with Crippen LogP contribution in [0.15, 0.2) is 35.4 Å². The molecule has 122 valence electrons. The molecule has 2 heterocycles. The molecule has 0 bridgehead atoms. The first kappa shape index (κ1) is 15.9. The molecule has 0 N–H and O–H groups in total. The molecule has 2 atom stereocenters. The van der Waals surface area contributed by atoms with Crippen molar-refractivity contribution < 1.29 is 13.2 Å². The van der Waals surface area contributed by atoms with Crippen LogP contribution in [0.3, 0.4) is 0 Å². The van der Waals surface area contributed by atoms with E-state index in [4.69, 9.17) is 0 Å². The topological polar surface area (TPSA) is 67.3 Å². The number of carbonyl (C=O) groups excluding carboxylic acids is 1. The molecule has 1 saturated heterocycles. The number of benzene rings is 1. The molecule has 0 aliphatic carbocycles. The Morgan fingerprint density at radius 2 is 2.09 bits per heavy atom. The monoisotopic (exact) mass is 332 g/mol. The van der Waals surface area contributed by atoms with Gasteiger partial charge in [-0.2, -0.15) is 0 Å². The Hall–Kier alpha value is -1.95. The van der Waals surface area contributed by atoms with E-state index in [1.54, 1.807) is 18.3 Å². The Bertz CT molecular complexity index is 848. The van der Waals surface area contributed by atoms with Crippen molar-refractivity contribution in [1.29, 1.82) is 0 Å². The molecule has 1 fully saturated rings. The molecule has 2 unspecified atom stereocenters. The molecule has 1 aromatic heterocycles. The van der Waals surface area contributed by atoms with Gasteiger partial charge in [0.25, 0.3) is 0 Å². The van der Waals surface area contributed by atoms with Gasteiger partial charge in [-0.3, -0.25) is 4.98 Å². The number of pyridine rings is 1. The van der Waals surface area contributed by atoms with Crippen molar-refractivity contribution in [3.63, 3.8) is 0 Å². The smallest absolute Gasteiger partial charge is 0.175 e. The maximum absolute atomic E-state index is 11.7. The summed E-state index contributed by atoms with van der Waals surface area (Å²) in [6.07, 6.45) is 4.81. The average Bonchev–Trinajstić information content (AvgIpc) is 2.53. The second-order valence-corrected chi connectivity index (χ2v) is 8.31. The Labute approximate surface area is 136 Å². The third kappa shape index (κ3) is 3.08. The number of aromatic nitrogens is 1. The van der Waals surface area contributed by atoms with Gasteiger partial charge in [0, 0.05) is 42.5 Å². The third-order valence-corrected chi connectivity index (χ3v) is 5.72. The lowest BCUT2D eigenvalue weighted by Gasteiger charge is -2.36. The lowest BCUT2D eigenvalue weighted by molar-refractivity contribution is -0.112. The van der Waals surface area contributed by atoms with Gasteiger partial charge in [0.05, 0.1) is 10.4 Å². The normalized spacial score (nSPS) is 22.3. The molecule has 0 radical (unpaired) electrons. The summed E-state index contributed by atoms with van der Waals surface area (Å²) in [4.78, 5) is 17.9. The standard InChI is InChI=1S/C17H20N2O3S/c1-12-10-19(8-6-13(12)11-20)17-5-7-18-16-9-14(23(2,21)22)3-4-15(16)17/h3-5,7,9,11-13H,6,8,10H2,1-2H3. The summed E-state index contributed by atoms with van der Waals surface area (Å²) >= 11 is 0. The van der Waals surface area contributed by atoms with Gasteiger partial charge in [-0.05, 0) is 36.6 Å². The van der Waals surface area contributed by atoms with Crippen LogP contribution < -0.4 is 4.90 Å². The molecule has 5 nitrogen and oxygen atoms in total. The molecule has 6 heteroatoms. The second kappa shape index (κ2) is 5.92. The summed E-state index contributed by atoms with van der Waals surface area (Å²) in [5, 5.41) is 0.941. The fourth-order valence-electron chi connectivity index (χ4n) is 3.20. The SMILES string of the molecule is CC1CN(c2ccnc3cc(S(C)(=O)=O)ccc23)CCC1C=O. The number of fused-ring (bicyclic) bond motifs is 1. The summed E-state index contributed by atoms with van der Waals surface area (Å²) < 4.78 is 23.4. The Morgan fingerprint density at radius 3 is 2.74 bits per heavy atom. The average molecular weight is 332 g/mol. The van der Waals surface area contributed by atoms with Crippen LogP contribution in [0.1, 0.15) is 13.3 Å². The zero-order valence-corrected chi connectivity index (χ0v) is 14.1. The summed E-state index contributed by atoms with van der Waals surface area (Å²) in [6, 6.07) is 7.03. The fraction of sp³-hybridized carbons (Fsp3) is 0.412.